The van der Waals surface area contributed by atoms with Crippen molar-refractivity contribution in [1.29, 1.82) is 0 Å². The van der Waals surface area contributed by atoms with E-state index >= 15 is 0 Å². The Morgan fingerprint density at radius 2 is 2.20 bits per heavy atom. The van der Waals surface area contributed by atoms with Crippen LogP contribution in [0, 0.1) is 0 Å². The number of methoxy groups -OCH3 is 1. The minimum Gasteiger partial charge on any atom is -0.497 e. The lowest BCUT2D eigenvalue weighted by molar-refractivity contribution is -0.143. The Bertz CT molecular complexity index is 477. The van der Waals surface area contributed by atoms with Crippen molar-refractivity contribution in [3.63, 3.8) is 0 Å². The molecule has 0 saturated heterocycles. The molecule has 20 heavy (non-hydrogen) atoms. The third kappa shape index (κ3) is 5.05. The van der Waals surface area contributed by atoms with Crippen LogP contribution >= 0.6 is 12.2 Å². The number of benzene rings is 1. The lowest BCUT2D eigenvalue weighted by Crippen LogP contribution is -2.14. The third-order valence-corrected chi connectivity index (χ3v) is 2.89. The number of nitrogens with one attached hydrogen (secondary N) is 1. The first-order valence-corrected chi connectivity index (χ1v) is 6.86. The van der Waals surface area contributed by atoms with Gasteiger partial charge < -0.3 is 20.5 Å². The van der Waals surface area contributed by atoms with E-state index in [1.54, 1.807) is 20.1 Å². The predicted molar refractivity (Wildman–Crippen MR) is 83.2 cm³/mol. The molecule has 1 aromatic carbocycles. The van der Waals surface area contributed by atoms with Crippen molar-refractivity contribution < 1.29 is 14.3 Å². The van der Waals surface area contributed by atoms with Crippen molar-refractivity contribution >= 4 is 28.9 Å². The van der Waals surface area contributed by atoms with Crippen molar-refractivity contribution in [1.82, 2.24) is 0 Å². The maximum atomic E-state index is 11.2. The number of nitrogens with two attached hydrogens (primary N) is 1. The molecule has 0 bridgehead atoms. The zero-order valence-electron chi connectivity index (χ0n) is 11.8. The van der Waals surface area contributed by atoms with Crippen molar-refractivity contribution in [3.05, 3.63) is 23.8 Å². The number of anilines is 1. The summed E-state index contributed by atoms with van der Waals surface area (Å²) in [5.74, 6) is 0.535. The fourth-order valence-corrected chi connectivity index (χ4v) is 1.88. The zero-order chi connectivity index (χ0) is 15.0. The number of hydrogen-bond donors (Lipinski definition) is 2. The lowest BCUT2D eigenvalue weighted by Gasteiger charge is -2.12. The van der Waals surface area contributed by atoms with Crippen LogP contribution in [-0.2, 0) is 9.53 Å². The summed E-state index contributed by atoms with van der Waals surface area (Å²) in [5, 5.41) is 3.21. The van der Waals surface area contributed by atoms with Crippen LogP contribution in [0.15, 0.2) is 18.2 Å². The third-order valence-electron chi connectivity index (χ3n) is 2.67. The van der Waals surface area contributed by atoms with E-state index in [9.17, 15) is 4.79 Å². The van der Waals surface area contributed by atoms with Crippen molar-refractivity contribution in [3.8, 4) is 5.75 Å². The van der Waals surface area contributed by atoms with Crippen molar-refractivity contribution in [2.24, 2.45) is 5.73 Å². The SMILES string of the molecule is CCOC(=O)CCCNc1cc(OC)ccc1C(N)=S. The van der Waals surface area contributed by atoms with E-state index in [0.717, 1.165) is 17.0 Å². The van der Waals surface area contributed by atoms with Crippen LogP contribution in [0.4, 0.5) is 5.69 Å². The van der Waals surface area contributed by atoms with Crippen molar-refractivity contribution in [2.45, 2.75) is 19.8 Å². The summed E-state index contributed by atoms with van der Waals surface area (Å²) in [6, 6.07) is 5.45. The van der Waals surface area contributed by atoms with Gasteiger partial charge in [0.2, 0.25) is 0 Å². The summed E-state index contributed by atoms with van der Waals surface area (Å²) in [5.41, 5.74) is 7.24. The molecular formula is C14H20N2O3S. The van der Waals surface area contributed by atoms with Crippen LogP contribution in [0.2, 0.25) is 0 Å². The Morgan fingerprint density at radius 1 is 1.45 bits per heavy atom. The van der Waals surface area contributed by atoms with Crippen LogP contribution in [-0.4, -0.2) is 31.2 Å². The summed E-state index contributed by atoms with van der Waals surface area (Å²) in [4.78, 5) is 11.5. The molecule has 0 aliphatic rings. The van der Waals surface area contributed by atoms with Gasteiger partial charge in [0.25, 0.3) is 0 Å². The highest BCUT2D eigenvalue weighted by molar-refractivity contribution is 7.80. The molecule has 6 heteroatoms. The van der Waals surface area contributed by atoms with Crippen molar-refractivity contribution in [2.75, 3.05) is 25.6 Å². The van der Waals surface area contributed by atoms with Gasteiger partial charge in [0.1, 0.15) is 10.7 Å². The summed E-state index contributed by atoms with van der Waals surface area (Å²) in [6.45, 7) is 2.83. The summed E-state index contributed by atoms with van der Waals surface area (Å²) < 4.78 is 10.0. The second-order valence-corrected chi connectivity index (χ2v) is 4.55. The summed E-state index contributed by atoms with van der Waals surface area (Å²) in [6.07, 6.45) is 1.06. The Hall–Kier alpha value is -1.82. The van der Waals surface area contributed by atoms with Gasteiger partial charge in [-0.3, -0.25) is 4.79 Å². The fraction of sp³-hybridized carbons (Fsp3) is 0.429. The first-order chi connectivity index (χ1) is 9.58. The first kappa shape index (κ1) is 16.2. The molecule has 0 saturated carbocycles. The normalized spacial score (nSPS) is 9.90. The van der Waals surface area contributed by atoms with Gasteiger partial charge in [-0.1, -0.05) is 12.2 Å². The number of esters is 1. The Kier molecular flexibility index (Phi) is 6.79. The Morgan fingerprint density at radius 3 is 2.80 bits per heavy atom. The summed E-state index contributed by atoms with van der Waals surface area (Å²) in [7, 11) is 1.60. The number of carbonyl (C=O) groups excluding carboxylic acids is 1. The quantitative estimate of drug-likeness (QED) is 0.435. The van der Waals surface area contributed by atoms with E-state index in [-0.39, 0.29) is 5.97 Å². The Labute approximate surface area is 124 Å². The van der Waals surface area contributed by atoms with E-state index in [0.29, 0.717) is 31.0 Å². The highest BCUT2D eigenvalue weighted by Gasteiger charge is 2.07. The molecule has 110 valence electrons. The second-order valence-electron chi connectivity index (χ2n) is 4.11. The molecule has 0 spiro atoms. The molecule has 0 heterocycles. The summed E-state index contributed by atoms with van der Waals surface area (Å²) >= 11 is 5.01. The molecule has 0 unspecified atom stereocenters. The van der Waals surface area contributed by atoms with Gasteiger partial charge in [-0.05, 0) is 25.5 Å². The fourth-order valence-electron chi connectivity index (χ4n) is 1.70. The average molecular weight is 296 g/mol. The van der Waals surface area contributed by atoms with Gasteiger partial charge in [-0.15, -0.1) is 0 Å². The van der Waals surface area contributed by atoms with E-state index in [1.807, 2.05) is 12.1 Å². The number of carbonyl (C=O) groups is 1. The Balaban J connectivity index is 2.57. The van der Waals surface area contributed by atoms with Gasteiger partial charge in [0, 0.05) is 30.3 Å². The van der Waals surface area contributed by atoms with Gasteiger partial charge in [-0.25, -0.2) is 0 Å². The monoisotopic (exact) mass is 296 g/mol. The number of rotatable bonds is 8. The molecule has 5 nitrogen and oxygen atoms in total. The van der Waals surface area contributed by atoms with Gasteiger partial charge in [-0.2, -0.15) is 0 Å². The molecule has 0 amide bonds. The van der Waals surface area contributed by atoms with Crippen LogP contribution < -0.4 is 15.8 Å². The minimum absolute atomic E-state index is 0.186. The first-order valence-electron chi connectivity index (χ1n) is 6.45. The number of ether oxygens (including phenoxy) is 2. The number of thiocarbonyl (C=S) groups is 1. The van der Waals surface area contributed by atoms with Crippen LogP contribution in [0.3, 0.4) is 0 Å². The molecule has 0 aliphatic carbocycles. The van der Waals surface area contributed by atoms with Crippen LogP contribution in [0.1, 0.15) is 25.3 Å². The molecule has 0 radical (unpaired) electrons. The minimum atomic E-state index is -0.186. The topological polar surface area (TPSA) is 73.6 Å². The standard InChI is InChI=1S/C14H20N2O3S/c1-3-19-13(17)5-4-8-16-12-9-10(18-2)6-7-11(12)14(15)20/h6-7,9,16H,3-5,8H2,1-2H3,(H2,15,20). The molecule has 1 rings (SSSR count). The average Bonchev–Trinajstić information content (AvgIpc) is 2.43. The number of hydrogen-bond acceptors (Lipinski definition) is 5. The zero-order valence-corrected chi connectivity index (χ0v) is 12.6. The largest absolute Gasteiger partial charge is 0.497 e. The van der Waals surface area contributed by atoms with E-state index in [1.165, 1.54) is 0 Å². The maximum absolute atomic E-state index is 11.2. The highest BCUT2D eigenvalue weighted by atomic mass is 32.1. The van der Waals surface area contributed by atoms with Gasteiger partial charge in [0.05, 0.1) is 13.7 Å². The predicted octanol–water partition coefficient (Wildman–Crippen LogP) is 2.08. The van der Waals surface area contributed by atoms with Gasteiger partial charge >= 0.3 is 5.97 Å². The van der Waals surface area contributed by atoms with Crippen LogP contribution in [0.5, 0.6) is 5.75 Å². The van der Waals surface area contributed by atoms with E-state index < -0.39 is 0 Å². The molecule has 1 aromatic rings. The molecule has 0 fully saturated rings. The molecule has 0 atom stereocenters. The maximum Gasteiger partial charge on any atom is 0.305 e. The molecular weight excluding hydrogens is 276 g/mol. The molecule has 0 aliphatic heterocycles. The second kappa shape index (κ2) is 8.37. The van der Waals surface area contributed by atoms with Crippen LogP contribution in [0.25, 0.3) is 0 Å². The van der Waals surface area contributed by atoms with E-state index in [4.69, 9.17) is 27.4 Å². The highest BCUT2D eigenvalue weighted by Crippen LogP contribution is 2.22. The molecule has 3 N–H and O–H groups in total. The van der Waals surface area contributed by atoms with E-state index in [2.05, 4.69) is 5.32 Å². The lowest BCUT2D eigenvalue weighted by atomic mass is 10.1. The van der Waals surface area contributed by atoms with Gasteiger partial charge in [0.15, 0.2) is 0 Å². The smallest absolute Gasteiger partial charge is 0.305 e. The molecule has 0 aromatic heterocycles.